The van der Waals surface area contributed by atoms with Gasteiger partial charge in [0, 0.05) is 28.7 Å². The summed E-state index contributed by atoms with van der Waals surface area (Å²) >= 11 is 4.93. The van der Waals surface area contributed by atoms with Crippen LogP contribution in [-0.4, -0.2) is 18.4 Å². The minimum Gasteiger partial charge on any atom is -0.352 e. The Morgan fingerprint density at radius 2 is 2.04 bits per heavy atom. The number of amides is 2. The van der Waals surface area contributed by atoms with Gasteiger partial charge in [-0.25, -0.2) is 0 Å². The van der Waals surface area contributed by atoms with Crippen LogP contribution in [0.3, 0.4) is 0 Å². The Kier molecular flexibility index (Phi) is 6.12. The fraction of sp³-hybridized carbons (Fsp3) is 0.176. The van der Waals surface area contributed by atoms with Crippen LogP contribution in [0.25, 0.3) is 6.08 Å². The third kappa shape index (κ3) is 5.04. The number of halogens is 1. The molecule has 0 aliphatic carbocycles. The zero-order valence-electron chi connectivity index (χ0n) is 12.9. The van der Waals surface area contributed by atoms with E-state index in [1.165, 1.54) is 6.08 Å². The molecule has 0 aliphatic rings. The minimum absolute atomic E-state index is 0.151. The molecule has 1 aromatic heterocycles. The van der Waals surface area contributed by atoms with Crippen LogP contribution >= 0.6 is 27.3 Å². The summed E-state index contributed by atoms with van der Waals surface area (Å²) < 4.78 is 1.02. The van der Waals surface area contributed by atoms with Gasteiger partial charge in [-0.2, -0.15) is 0 Å². The van der Waals surface area contributed by atoms with Crippen LogP contribution in [0.4, 0.5) is 5.69 Å². The summed E-state index contributed by atoms with van der Waals surface area (Å²) in [5, 5.41) is 5.55. The molecule has 0 saturated heterocycles. The molecule has 0 atom stereocenters. The van der Waals surface area contributed by atoms with E-state index in [0.29, 0.717) is 17.8 Å². The van der Waals surface area contributed by atoms with Gasteiger partial charge in [-0.15, -0.1) is 11.3 Å². The Hall–Kier alpha value is -1.92. The third-order valence-electron chi connectivity index (χ3n) is 3.09. The molecule has 6 heteroatoms. The summed E-state index contributed by atoms with van der Waals surface area (Å²) in [6.45, 7) is 4.31. The van der Waals surface area contributed by atoms with Crippen LogP contribution < -0.4 is 10.6 Å². The van der Waals surface area contributed by atoms with Crippen molar-refractivity contribution in [2.45, 2.75) is 13.8 Å². The monoisotopic (exact) mass is 392 g/mol. The predicted molar refractivity (Wildman–Crippen MR) is 98.9 cm³/mol. The van der Waals surface area contributed by atoms with Gasteiger partial charge < -0.3 is 10.6 Å². The maximum atomic E-state index is 12.0. The number of carbonyl (C=O) groups is 2. The van der Waals surface area contributed by atoms with E-state index in [4.69, 9.17) is 0 Å². The van der Waals surface area contributed by atoms with Crippen molar-refractivity contribution in [1.29, 1.82) is 0 Å². The molecule has 23 heavy (non-hydrogen) atoms. The topological polar surface area (TPSA) is 58.2 Å². The first-order valence-electron chi connectivity index (χ1n) is 7.13. The van der Waals surface area contributed by atoms with Crippen molar-refractivity contribution in [3.8, 4) is 0 Å². The predicted octanol–water partition coefficient (Wildman–Crippen LogP) is 4.22. The van der Waals surface area contributed by atoms with Crippen molar-refractivity contribution in [1.82, 2.24) is 5.32 Å². The van der Waals surface area contributed by atoms with Crippen molar-refractivity contribution in [2.75, 3.05) is 11.9 Å². The van der Waals surface area contributed by atoms with E-state index in [9.17, 15) is 9.59 Å². The molecule has 2 aromatic rings. The maximum Gasteiger partial charge on any atom is 0.251 e. The molecule has 0 fully saturated rings. The summed E-state index contributed by atoms with van der Waals surface area (Å²) in [5.41, 5.74) is 2.06. The first-order chi connectivity index (χ1) is 11.0. The zero-order chi connectivity index (χ0) is 16.8. The molecule has 1 aromatic carbocycles. The second-order valence-corrected chi connectivity index (χ2v) is 7.35. The Morgan fingerprint density at radius 3 is 2.70 bits per heavy atom. The largest absolute Gasteiger partial charge is 0.352 e. The summed E-state index contributed by atoms with van der Waals surface area (Å²) in [7, 11) is 0. The van der Waals surface area contributed by atoms with E-state index in [-0.39, 0.29) is 11.8 Å². The lowest BCUT2D eigenvalue weighted by atomic mass is 10.1. The molecular weight excluding hydrogens is 376 g/mol. The van der Waals surface area contributed by atoms with E-state index in [0.717, 1.165) is 14.2 Å². The Morgan fingerprint density at radius 1 is 1.26 bits per heavy atom. The number of hydrogen-bond acceptors (Lipinski definition) is 3. The normalized spacial score (nSPS) is 10.7. The average Bonchev–Trinajstić information content (AvgIpc) is 2.93. The maximum absolute atomic E-state index is 12.0. The fourth-order valence-electron chi connectivity index (χ4n) is 1.91. The Balaban J connectivity index is 2.09. The van der Waals surface area contributed by atoms with Crippen molar-refractivity contribution < 1.29 is 9.59 Å². The summed E-state index contributed by atoms with van der Waals surface area (Å²) in [6, 6.07) is 9.12. The van der Waals surface area contributed by atoms with Gasteiger partial charge in [0.15, 0.2) is 0 Å². The molecule has 0 unspecified atom stereocenters. The van der Waals surface area contributed by atoms with E-state index in [1.807, 2.05) is 32.0 Å². The average molecular weight is 393 g/mol. The summed E-state index contributed by atoms with van der Waals surface area (Å²) in [5.74, 6) is -0.382. The second-order valence-electron chi connectivity index (χ2n) is 4.85. The third-order valence-corrected chi connectivity index (χ3v) is 4.68. The molecule has 0 bridgehead atoms. The van der Waals surface area contributed by atoms with Gasteiger partial charge >= 0.3 is 0 Å². The number of benzene rings is 1. The van der Waals surface area contributed by atoms with E-state index in [1.54, 1.807) is 29.5 Å². The number of aryl methyl sites for hydroxylation is 1. The molecule has 2 N–H and O–H groups in total. The van der Waals surface area contributed by atoms with Crippen LogP contribution in [0.1, 0.15) is 27.7 Å². The highest BCUT2D eigenvalue weighted by molar-refractivity contribution is 9.11. The minimum atomic E-state index is -0.231. The molecule has 0 saturated carbocycles. The first kappa shape index (κ1) is 17.4. The molecule has 2 amide bonds. The zero-order valence-corrected chi connectivity index (χ0v) is 15.3. The van der Waals surface area contributed by atoms with Gasteiger partial charge in [0.1, 0.15) is 0 Å². The number of nitrogens with one attached hydrogen (secondary N) is 2. The second kappa shape index (κ2) is 8.08. The van der Waals surface area contributed by atoms with Gasteiger partial charge in [-0.3, -0.25) is 9.59 Å². The first-order valence-corrected chi connectivity index (χ1v) is 8.74. The van der Waals surface area contributed by atoms with Crippen LogP contribution in [0.2, 0.25) is 0 Å². The lowest BCUT2D eigenvalue weighted by molar-refractivity contribution is -0.111. The van der Waals surface area contributed by atoms with E-state index < -0.39 is 0 Å². The smallest absolute Gasteiger partial charge is 0.251 e. The number of carbonyl (C=O) groups excluding carboxylic acids is 2. The van der Waals surface area contributed by atoms with Gasteiger partial charge in [0.05, 0.1) is 3.79 Å². The molecule has 2 rings (SSSR count). The number of rotatable bonds is 5. The quantitative estimate of drug-likeness (QED) is 0.748. The molecule has 4 nitrogen and oxygen atoms in total. The fourth-order valence-corrected chi connectivity index (χ4v) is 3.24. The molecule has 0 radical (unpaired) electrons. The van der Waals surface area contributed by atoms with Gasteiger partial charge in [-0.05, 0) is 65.7 Å². The summed E-state index contributed by atoms with van der Waals surface area (Å²) in [4.78, 5) is 24.9. The standard InChI is InChI=1S/C17H17BrN2O2S/c1-3-19-17(22)12-5-4-11(2)14(10-12)20-16(21)9-7-13-6-8-15(18)23-13/h4-10H,3H2,1-2H3,(H,19,22)(H,20,21)/b9-7+. The van der Waals surface area contributed by atoms with Crippen molar-refractivity contribution in [3.63, 3.8) is 0 Å². The molecular formula is C17H17BrN2O2S. The highest BCUT2D eigenvalue weighted by atomic mass is 79.9. The molecule has 0 spiro atoms. The highest BCUT2D eigenvalue weighted by Crippen LogP contribution is 2.23. The Bertz CT molecular complexity index is 753. The van der Waals surface area contributed by atoms with Crippen LogP contribution in [0.15, 0.2) is 40.2 Å². The van der Waals surface area contributed by atoms with Crippen molar-refractivity contribution in [3.05, 3.63) is 56.2 Å². The molecule has 120 valence electrons. The summed E-state index contributed by atoms with van der Waals surface area (Å²) in [6.07, 6.45) is 3.24. The van der Waals surface area contributed by atoms with E-state index in [2.05, 4.69) is 26.6 Å². The lowest BCUT2D eigenvalue weighted by Crippen LogP contribution is -2.23. The van der Waals surface area contributed by atoms with Crippen LogP contribution in [-0.2, 0) is 4.79 Å². The van der Waals surface area contributed by atoms with Gasteiger partial charge in [0.25, 0.3) is 5.91 Å². The van der Waals surface area contributed by atoms with Gasteiger partial charge in [-0.1, -0.05) is 6.07 Å². The number of anilines is 1. The van der Waals surface area contributed by atoms with Gasteiger partial charge in [0.2, 0.25) is 5.91 Å². The highest BCUT2D eigenvalue weighted by Gasteiger charge is 2.08. The Labute approximate surface area is 147 Å². The number of hydrogen-bond donors (Lipinski definition) is 2. The van der Waals surface area contributed by atoms with Crippen molar-refractivity contribution >= 4 is 50.8 Å². The molecule has 0 aliphatic heterocycles. The van der Waals surface area contributed by atoms with E-state index >= 15 is 0 Å². The lowest BCUT2D eigenvalue weighted by Gasteiger charge is -2.09. The van der Waals surface area contributed by atoms with Crippen LogP contribution in [0.5, 0.6) is 0 Å². The molecule has 1 heterocycles. The van der Waals surface area contributed by atoms with Crippen LogP contribution in [0, 0.1) is 6.92 Å². The SMILES string of the molecule is CCNC(=O)c1ccc(C)c(NC(=O)/C=C/c2ccc(Br)s2)c1. The van der Waals surface area contributed by atoms with Crippen molar-refractivity contribution in [2.24, 2.45) is 0 Å². The number of thiophene rings is 1.